The fourth-order valence-electron chi connectivity index (χ4n) is 2.14. The summed E-state index contributed by atoms with van der Waals surface area (Å²) in [7, 11) is 5.89. The molecule has 0 bridgehead atoms. The number of thiophene rings is 1. The zero-order chi connectivity index (χ0) is 19.1. The van der Waals surface area contributed by atoms with Crippen molar-refractivity contribution >= 4 is 34.2 Å². The minimum Gasteiger partial charge on any atom is -0.493 e. The van der Waals surface area contributed by atoms with Crippen molar-refractivity contribution in [2.45, 2.75) is 0 Å². The van der Waals surface area contributed by atoms with Crippen LogP contribution in [-0.4, -0.2) is 51.4 Å². The Labute approximate surface area is 154 Å². The summed E-state index contributed by atoms with van der Waals surface area (Å²) in [6.07, 6.45) is 1.62. The number of hydrogen-bond acceptors (Lipinski definition) is 8. The number of carboxylic acids is 1. The standard InChI is InChI=1S/C17H18N2O6S/c1-22-12-5-10(6-13(23-2)16(12)24-3)8-18-14-7-11(9-26-14)15(17(20)21)19-25-4/h5-9H,1-4H3,(H,20,21)/b18-8?,19-15+. The largest absolute Gasteiger partial charge is 0.493 e. The van der Waals surface area contributed by atoms with Crippen LogP contribution >= 0.6 is 11.3 Å². The molecule has 0 radical (unpaired) electrons. The highest BCUT2D eigenvalue weighted by Crippen LogP contribution is 2.38. The first-order chi connectivity index (χ1) is 12.5. The summed E-state index contributed by atoms with van der Waals surface area (Å²) in [5, 5.41) is 14.9. The van der Waals surface area contributed by atoms with Crippen LogP contribution in [-0.2, 0) is 9.63 Å². The van der Waals surface area contributed by atoms with Gasteiger partial charge in [-0.2, -0.15) is 0 Å². The monoisotopic (exact) mass is 378 g/mol. The van der Waals surface area contributed by atoms with Gasteiger partial charge in [0.1, 0.15) is 12.1 Å². The van der Waals surface area contributed by atoms with E-state index in [0.29, 0.717) is 27.8 Å². The summed E-state index contributed by atoms with van der Waals surface area (Å²) in [6, 6.07) is 5.13. The molecule has 0 aliphatic rings. The second-order valence-electron chi connectivity index (χ2n) is 4.82. The maximum absolute atomic E-state index is 11.2. The van der Waals surface area contributed by atoms with Gasteiger partial charge in [0.25, 0.3) is 0 Å². The summed E-state index contributed by atoms with van der Waals surface area (Å²) < 4.78 is 15.9. The van der Waals surface area contributed by atoms with Gasteiger partial charge in [-0.05, 0) is 18.2 Å². The highest BCUT2D eigenvalue weighted by molar-refractivity contribution is 7.14. The third-order valence-electron chi connectivity index (χ3n) is 3.27. The van der Waals surface area contributed by atoms with Crippen molar-refractivity contribution < 1.29 is 28.9 Å². The van der Waals surface area contributed by atoms with Crippen molar-refractivity contribution in [2.24, 2.45) is 10.1 Å². The maximum atomic E-state index is 11.2. The summed E-state index contributed by atoms with van der Waals surface area (Å²) in [5.74, 6) is 0.346. The predicted molar refractivity (Wildman–Crippen MR) is 98.9 cm³/mol. The Kier molecular flexibility index (Phi) is 6.56. The van der Waals surface area contributed by atoms with Crippen molar-refractivity contribution in [3.8, 4) is 17.2 Å². The van der Waals surface area contributed by atoms with Crippen molar-refractivity contribution in [3.63, 3.8) is 0 Å². The molecule has 1 heterocycles. The number of aliphatic imine (C=N–C) groups is 1. The van der Waals surface area contributed by atoms with Gasteiger partial charge >= 0.3 is 5.97 Å². The third kappa shape index (κ3) is 4.31. The van der Waals surface area contributed by atoms with Crippen LogP contribution in [0, 0.1) is 0 Å². The molecule has 26 heavy (non-hydrogen) atoms. The number of nitrogens with zero attached hydrogens (tertiary/aromatic N) is 2. The Bertz CT molecular complexity index is 819. The number of hydrogen-bond donors (Lipinski definition) is 1. The van der Waals surface area contributed by atoms with Crippen LogP contribution in [0.2, 0.25) is 0 Å². The van der Waals surface area contributed by atoms with E-state index in [-0.39, 0.29) is 5.71 Å². The molecule has 0 aliphatic carbocycles. The SMILES string of the molecule is CO/N=C(/C(=O)O)c1csc(N=Cc2cc(OC)c(OC)c(OC)c2)c1. The number of benzene rings is 1. The zero-order valence-electron chi connectivity index (χ0n) is 14.7. The lowest BCUT2D eigenvalue weighted by molar-refractivity contribution is -0.129. The topological polar surface area (TPSA) is 98.9 Å². The molecule has 1 aromatic heterocycles. The van der Waals surface area contributed by atoms with E-state index in [0.717, 1.165) is 5.56 Å². The Morgan fingerprint density at radius 3 is 2.23 bits per heavy atom. The summed E-state index contributed by atoms with van der Waals surface area (Å²) >= 11 is 1.28. The second kappa shape index (κ2) is 8.86. The van der Waals surface area contributed by atoms with Gasteiger partial charge in [-0.25, -0.2) is 9.79 Å². The van der Waals surface area contributed by atoms with E-state index in [1.165, 1.54) is 39.8 Å². The molecule has 0 amide bonds. The number of ether oxygens (including phenoxy) is 3. The Hall–Kier alpha value is -3.07. The normalized spacial score (nSPS) is 11.5. The molecule has 8 nitrogen and oxygen atoms in total. The molecule has 9 heteroatoms. The Morgan fingerprint density at radius 1 is 1.08 bits per heavy atom. The van der Waals surface area contributed by atoms with Crippen molar-refractivity contribution in [1.29, 1.82) is 0 Å². The first kappa shape index (κ1) is 19.3. The molecule has 1 aromatic carbocycles. The van der Waals surface area contributed by atoms with Gasteiger partial charge in [0.15, 0.2) is 17.2 Å². The molecule has 0 atom stereocenters. The van der Waals surface area contributed by atoms with Crippen LogP contribution in [0.4, 0.5) is 5.00 Å². The van der Waals surface area contributed by atoms with Crippen LogP contribution in [0.25, 0.3) is 0 Å². The molecule has 0 saturated heterocycles. The minimum atomic E-state index is -1.18. The molecule has 0 unspecified atom stereocenters. The van der Waals surface area contributed by atoms with Gasteiger partial charge in [0, 0.05) is 22.7 Å². The highest BCUT2D eigenvalue weighted by Gasteiger charge is 2.16. The zero-order valence-corrected chi connectivity index (χ0v) is 15.5. The fraction of sp³-hybridized carbons (Fsp3) is 0.235. The van der Waals surface area contributed by atoms with Crippen molar-refractivity contribution in [2.75, 3.05) is 28.4 Å². The van der Waals surface area contributed by atoms with Gasteiger partial charge < -0.3 is 24.2 Å². The van der Waals surface area contributed by atoms with Crippen molar-refractivity contribution in [3.05, 3.63) is 34.7 Å². The molecule has 0 spiro atoms. The van der Waals surface area contributed by atoms with Crippen LogP contribution in [0.15, 0.2) is 33.7 Å². The van der Waals surface area contributed by atoms with Gasteiger partial charge in [0.2, 0.25) is 5.75 Å². The molecule has 2 aromatic rings. The average molecular weight is 378 g/mol. The summed E-state index contributed by atoms with van der Waals surface area (Å²) in [4.78, 5) is 20.1. The van der Waals surface area contributed by atoms with Crippen molar-refractivity contribution in [1.82, 2.24) is 0 Å². The predicted octanol–water partition coefficient (Wildman–Crippen LogP) is 2.96. The van der Waals surface area contributed by atoms with Gasteiger partial charge in [0.05, 0.1) is 21.3 Å². The van der Waals surface area contributed by atoms with E-state index < -0.39 is 5.97 Å². The first-order valence-corrected chi connectivity index (χ1v) is 8.19. The van der Waals surface area contributed by atoms with Crippen LogP contribution in [0.5, 0.6) is 17.2 Å². The smallest absolute Gasteiger partial charge is 0.358 e. The average Bonchev–Trinajstić information content (AvgIpc) is 3.11. The molecule has 138 valence electrons. The number of oxime groups is 1. The highest BCUT2D eigenvalue weighted by atomic mass is 32.1. The van der Waals surface area contributed by atoms with E-state index in [1.807, 2.05) is 0 Å². The Balaban J connectivity index is 2.31. The van der Waals surface area contributed by atoms with E-state index in [4.69, 9.17) is 19.3 Å². The van der Waals surface area contributed by atoms with Gasteiger partial charge in [-0.1, -0.05) is 5.16 Å². The van der Waals surface area contributed by atoms with Crippen LogP contribution in [0.1, 0.15) is 11.1 Å². The molecule has 2 rings (SSSR count). The molecule has 0 fully saturated rings. The molecular weight excluding hydrogens is 360 g/mol. The molecule has 0 aliphatic heterocycles. The van der Waals surface area contributed by atoms with E-state index in [9.17, 15) is 4.79 Å². The molecule has 0 saturated carbocycles. The lowest BCUT2D eigenvalue weighted by atomic mass is 10.2. The molecule has 1 N–H and O–H groups in total. The fourth-order valence-corrected chi connectivity index (χ4v) is 2.87. The number of carbonyl (C=O) groups is 1. The first-order valence-electron chi connectivity index (χ1n) is 7.31. The van der Waals surface area contributed by atoms with E-state index in [1.54, 1.807) is 29.8 Å². The molecular formula is C17H18N2O6S. The summed E-state index contributed by atoms with van der Waals surface area (Å²) in [5.41, 5.74) is 0.970. The lowest BCUT2D eigenvalue weighted by Gasteiger charge is -2.12. The van der Waals surface area contributed by atoms with Crippen LogP contribution in [0.3, 0.4) is 0 Å². The third-order valence-corrected chi connectivity index (χ3v) is 4.11. The minimum absolute atomic E-state index is 0.182. The van der Waals surface area contributed by atoms with E-state index in [2.05, 4.69) is 15.0 Å². The second-order valence-corrected chi connectivity index (χ2v) is 5.71. The quantitative estimate of drug-likeness (QED) is 0.560. The maximum Gasteiger partial charge on any atom is 0.358 e. The number of aliphatic carboxylic acids is 1. The number of carboxylic acid groups (broad SMARTS) is 1. The van der Waals surface area contributed by atoms with E-state index >= 15 is 0 Å². The Morgan fingerprint density at radius 2 is 1.73 bits per heavy atom. The van der Waals surface area contributed by atoms with Gasteiger partial charge in [-0.3, -0.25) is 0 Å². The summed E-state index contributed by atoms with van der Waals surface area (Å²) in [6.45, 7) is 0. The van der Waals surface area contributed by atoms with Gasteiger partial charge in [-0.15, -0.1) is 11.3 Å². The number of methoxy groups -OCH3 is 3. The number of rotatable bonds is 8. The lowest BCUT2D eigenvalue weighted by Crippen LogP contribution is -2.13. The van der Waals surface area contributed by atoms with Crippen LogP contribution < -0.4 is 14.2 Å².